The maximum atomic E-state index is 2.20. The lowest BCUT2D eigenvalue weighted by Gasteiger charge is -2.08. The van der Waals surface area contributed by atoms with Crippen LogP contribution < -0.4 is 0 Å². The van der Waals surface area contributed by atoms with Crippen molar-refractivity contribution in [2.45, 2.75) is 20.3 Å². The van der Waals surface area contributed by atoms with E-state index in [0.29, 0.717) is 0 Å². The minimum Gasteiger partial charge on any atom is -0.0620 e. The molecule has 16 heavy (non-hydrogen) atoms. The lowest BCUT2D eigenvalue weighted by Crippen LogP contribution is -1.87. The first-order valence-corrected chi connectivity index (χ1v) is 5.83. The van der Waals surface area contributed by atoms with Gasteiger partial charge in [-0.25, -0.2) is 0 Å². The van der Waals surface area contributed by atoms with Crippen molar-refractivity contribution in [2.75, 3.05) is 0 Å². The lowest BCUT2D eigenvalue weighted by molar-refractivity contribution is 1.14. The molecule has 2 aromatic carbocycles. The van der Waals surface area contributed by atoms with Gasteiger partial charge in [-0.05, 0) is 35.1 Å². The third-order valence-corrected chi connectivity index (χ3v) is 2.95. The Labute approximate surface area is 97.9 Å². The van der Waals surface area contributed by atoms with E-state index in [2.05, 4.69) is 68.8 Å². The average Bonchev–Trinajstić information content (AvgIpc) is 2.39. The maximum absolute atomic E-state index is 2.20. The second-order valence-electron chi connectivity index (χ2n) is 3.92. The fraction of sp³-hybridized carbons (Fsp3) is 0.188. The van der Waals surface area contributed by atoms with Crippen LogP contribution in [0.15, 0.2) is 48.5 Å². The molecule has 0 bridgehead atoms. The van der Waals surface area contributed by atoms with Gasteiger partial charge in [0.05, 0.1) is 0 Å². The summed E-state index contributed by atoms with van der Waals surface area (Å²) in [5.74, 6) is 0. The zero-order chi connectivity index (χ0) is 11.4. The second kappa shape index (κ2) is 4.98. The largest absolute Gasteiger partial charge is 0.0620 e. The van der Waals surface area contributed by atoms with E-state index in [1.165, 1.54) is 22.3 Å². The van der Waals surface area contributed by atoms with Gasteiger partial charge in [0.2, 0.25) is 0 Å². The van der Waals surface area contributed by atoms with Crippen LogP contribution in [0.2, 0.25) is 0 Å². The Morgan fingerprint density at radius 1 is 0.938 bits per heavy atom. The normalized spacial score (nSPS) is 10.4. The molecule has 0 aliphatic rings. The first-order chi connectivity index (χ1) is 7.85. The number of aryl methyl sites for hydroxylation is 1. The maximum Gasteiger partial charge on any atom is -0.0124 e. The van der Waals surface area contributed by atoms with Crippen LogP contribution in [0.1, 0.15) is 25.0 Å². The molecule has 0 N–H and O–H groups in total. The highest BCUT2D eigenvalue weighted by Gasteiger charge is 2.02. The van der Waals surface area contributed by atoms with Crippen molar-refractivity contribution < 1.29 is 0 Å². The zero-order valence-electron chi connectivity index (χ0n) is 9.90. The van der Waals surface area contributed by atoms with E-state index >= 15 is 0 Å². The molecule has 0 aliphatic heterocycles. The Hall–Kier alpha value is -1.56. The molecule has 0 atom stereocenters. The molecule has 0 amide bonds. The summed E-state index contributed by atoms with van der Waals surface area (Å²) in [6.45, 7) is 4.27. The Kier molecular flexibility index (Phi) is 3.40. The Bertz CT molecular complexity index is 452. The molecule has 2 rings (SSSR count). The average molecular weight is 209 g/mol. The summed E-state index contributed by atoms with van der Waals surface area (Å²) in [7, 11) is 0. The first-order valence-electron chi connectivity index (χ1n) is 5.83. The molecule has 0 heterocycles. The molecule has 1 radical (unpaired) electrons. The Morgan fingerprint density at radius 2 is 1.62 bits per heavy atom. The van der Waals surface area contributed by atoms with Gasteiger partial charge in [-0.1, -0.05) is 62.4 Å². The highest BCUT2D eigenvalue weighted by atomic mass is 14.1. The topological polar surface area (TPSA) is 0 Å². The molecule has 0 unspecified atom stereocenters. The van der Waals surface area contributed by atoms with Gasteiger partial charge in [-0.15, -0.1) is 0 Å². The monoisotopic (exact) mass is 209 g/mol. The van der Waals surface area contributed by atoms with E-state index in [1.54, 1.807) is 0 Å². The van der Waals surface area contributed by atoms with Crippen LogP contribution in [0.25, 0.3) is 11.1 Å². The van der Waals surface area contributed by atoms with E-state index in [1.807, 2.05) is 0 Å². The molecule has 81 valence electrons. The molecular formula is C16H17. The van der Waals surface area contributed by atoms with Crippen LogP contribution >= 0.6 is 0 Å². The molecular weight excluding hydrogens is 192 g/mol. The fourth-order valence-electron chi connectivity index (χ4n) is 1.97. The van der Waals surface area contributed by atoms with Crippen LogP contribution in [0, 0.1) is 6.42 Å². The molecule has 0 fully saturated rings. The van der Waals surface area contributed by atoms with E-state index in [4.69, 9.17) is 0 Å². The van der Waals surface area contributed by atoms with Crippen LogP contribution in [-0.2, 0) is 6.42 Å². The van der Waals surface area contributed by atoms with Crippen molar-refractivity contribution >= 4 is 0 Å². The van der Waals surface area contributed by atoms with Crippen molar-refractivity contribution in [1.29, 1.82) is 0 Å². The van der Waals surface area contributed by atoms with Crippen molar-refractivity contribution in [3.05, 3.63) is 66.1 Å². The highest BCUT2D eigenvalue weighted by molar-refractivity contribution is 5.67. The van der Waals surface area contributed by atoms with Gasteiger partial charge >= 0.3 is 0 Å². The van der Waals surface area contributed by atoms with E-state index in [9.17, 15) is 0 Å². The van der Waals surface area contributed by atoms with Gasteiger partial charge in [0.1, 0.15) is 0 Å². The number of benzene rings is 2. The van der Waals surface area contributed by atoms with Crippen LogP contribution in [0.4, 0.5) is 0 Å². The Morgan fingerprint density at radius 3 is 2.25 bits per heavy atom. The van der Waals surface area contributed by atoms with Gasteiger partial charge in [0.25, 0.3) is 0 Å². The summed E-state index contributed by atoms with van der Waals surface area (Å²) in [6.07, 6.45) is 3.20. The predicted molar refractivity (Wildman–Crippen MR) is 70.3 cm³/mol. The van der Waals surface area contributed by atoms with Crippen molar-refractivity contribution in [3.8, 4) is 11.1 Å². The first kappa shape index (κ1) is 10.9. The smallest absolute Gasteiger partial charge is 0.0124 e. The van der Waals surface area contributed by atoms with Crippen molar-refractivity contribution in [1.82, 2.24) is 0 Å². The molecule has 2 aromatic rings. The highest BCUT2D eigenvalue weighted by Crippen LogP contribution is 2.24. The third kappa shape index (κ3) is 2.16. The molecule has 0 heteroatoms. The Balaban J connectivity index is 2.42. The van der Waals surface area contributed by atoms with Crippen molar-refractivity contribution in [2.24, 2.45) is 0 Å². The summed E-state index contributed by atoms with van der Waals surface area (Å²) in [6, 6.07) is 17.3. The minimum atomic E-state index is 1.08. The SMILES string of the molecule is C[CH]c1ccc(-c2ccccc2CC)cc1. The van der Waals surface area contributed by atoms with Crippen LogP contribution in [0.5, 0.6) is 0 Å². The quantitative estimate of drug-likeness (QED) is 0.698. The van der Waals surface area contributed by atoms with Crippen LogP contribution in [-0.4, -0.2) is 0 Å². The van der Waals surface area contributed by atoms with Crippen molar-refractivity contribution in [3.63, 3.8) is 0 Å². The standard InChI is InChI=1S/C16H17/c1-3-13-9-11-15(12-10-13)16-8-6-5-7-14(16)4-2/h3,5-12H,4H2,1-2H3. The molecule has 0 aromatic heterocycles. The number of rotatable bonds is 3. The summed E-state index contributed by atoms with van der Waals surface area (Å²) >= 11 is 0. The summed E-state index contributed by atoms with van der Waals surface area (Å²) in [5.41, 5.74) is 5.35. The predicted octanol–water partition coefficient (Wildman–Crippen LogP) is 4.49. The second-order valence-corrected chi connectivity index (χ2v) is 3.92. The summed E-state index contributed by atoms with van der Waals surface area (Å²) in [4.78, 5) is 0. The van der Waals surface area contributed by atoms with E-state index < -0.39 is 0 Å². The molecule has 0 nitrogen and oxygen atoms in total. The fourth-order valence-corrected chi connectivity index (χ4v) is 1.97. The zero-order valence-corrected chi connectivity index (χ0v) is 9.90. The van der Waals surface area contributed by atoms with Gasteiger partial charge < -0.3 is 0 Å². The van der Waals surface area contributed by atoms with Gasteiger partial charge in [0.15, 0.2) is 0 Å². The summed E-state index contributed by atoms with van der Waals surface area (Å²) < 4.78 is 0. The summed E-state index contributed by atoms with van der Waals surface area (Å²) in [5, 5.41) is 0. The molecule has 0 saturated heterocycles. The van der Waals surface area contributed by atoms with Gasteiger partial charge in [0, 0.05) is 0 Å². The minimum absolute atomic E-state index is 1.08. The molecule has 0 saturated carbocycles. The molecule has 0 spiro atoms. The number of hydrogen-bond donors (Lipinski definition) is 0. The van der Waals surface area contributed by atoms with Gasteiger partial charge in [-0.2, -0.15) is 0 Å². The lowest BCUT2D eigenvalue weighted by atomic mass is 9.97. The third-order valence-electron chi connectivity index (χ3n) is 2.95. The van der Waals surface area contributed by atoms with E-state index in [-0.39, 0.29) is 0 Å². The van der Waals surface area contributed by atoms with Gasteiger partial charge in [-0.3, -0.25) is 0 Å². The molecule has 0 aliphatic carbocycles. The number of hydrogen-bond acceptors (Lipinski definition) is 0. The van der Waals surface area contributed by atoms with E-state index in [0.717, 1.165) is 6.42 Å². The van der Waals surface area contributed by atoms with Crippen LogP contribution in [0.3, 0.4) is 0 Å².